The van der Waals surface area contributed by atoms with Crippen molar-refractivity contribution in [3.8, 4) is 5.75 Å². The minimum Gasteiger partial charge on any atom is -0.465 e. The summed E-state index contributed by atoms with van der Waals surface area (Å²) in [4.78, 5) is 42.0. The van der Waals surface area contributed by atoms with E-state index < -0.39 is 41.6 Å². The summed E-state index contributed by atoms with van der Waals surface area (Å²) >= 11 is 0. The lowest BCUT2D eigenvalue weighted by Gasteiger charge is -2.32. The Labute approximate surface area is 212 Å². The van der Waals surface area contributed by atoms with Crippen molar-refractivity contribution in [1.29, 1.82) is 0 Å². The summed E-state index contributed by atoms with van der Waals surface area (Å²) in [5, 5.41) is 9.18. The Kier molecular flexibility index (Phi) is 7.89. The van der Waals surface area contributed by atoms with Crippen molar-refractivity contribution in [1.82, 2.24) is 14.7 Å². The molecule has 37 heavy (non-hydrogen) atoms. The van der Waals surface area contributed by atoms with Crippen LogP contribution in [0.5, 0.6) is 5.75 Å². The van der Waals surface area contributed by atoms with Gasteiger partial charge in [-0.2, -0.15) is 0 Å². The summed E-state index contributed by atoms with van der Waals surface area (Å²) in [6, 6.07) is 7.90. The molecule has 2 heterocycles. The van der Waals surface area contributed by atoms with Gasteiger partial charge in [-0.15, -0.1) is 0 Å². The highest BCUT2D eigenvalue weighted by molar-refractivity contribution is 5.80. The molecule has 1 N–H and O–H groups in total. The van der Waals surface area contributed by atoms with Crippen LogP contribution in [0.15, 0.2) is 42.5 Å². The number of likely N-dealkylation sites (N-methyl/N-ethyl adjacent to an activating group) is 1. The molecule has 2 saturated heterocycles. The zero-order valence-corrected chi connectivity index (χ0v) is 20.3. The van der Waals surface area contributed by atoms with E-state index in [1.54, 1.807) is 11.8 Å². The van der Waals surface area contributed by atoms with Crippen LogP contribution < -0.4 is 4.74 Å². The summed E-state index contributed by atoms with van der Waals surface area (Å²) in [7, 11) is 0. The van der Waals surface area contributed by atoms with Gasteiger partial charge in [0.25, 0.3) is 0 Å². The molecule has 198 valence electrons. The molecule has 2 aromatic rings. The summed E-state index contributed by atoms with van der Waals surface area (Å²) in [5.41, 5.74) is 0.438. The molecular weight excluding hydrogens is 491 g/mol. The van der Waals surface area contributed by atoms with Crippen LogP contribution in [-0.2, 0) is 4.79 Å². The van der Waals surface area contributed by atoms with Crippen molar-refractivity contribution in [3.05, 3.63) is 65.5 Å². The molecule has 0 aromatic heterocycles. The number of hydrogen-bond acceptors (Lipinski definition) is 4. The first-order valence-corrected chi connectivity index (χ1v) is 12.1. The molecule has 0 unspecified atom stereocenters. The standard InChI is InChI=1S/C26H28F3N3O5/c1-2-32(26(36)37-19-6-4-18(27)5-7-19)23-15-31(14-20(23)17-3-8-21(28)22(29)13-17)24(33)16-9-11-30(12-10-16)25(34)35/h3-8,13,16,20,23H,2,9-12,14-15H2,1H3,(H,34,35)/t20-,23+/m0/s1. The first kappa shape index (κ1) is 26.3. The molecule has 0 radical (unpaired) electrons. The van der Waals surface area contributed by atoms with Crippen LogP contribution in [0.4, 0.5) is 22.8 Å². The maximum Gasteiger partial charge on any atom is 0.415 e. The van der Waals surface area contributed by atoms with Crippen LogP contribution in [0.2, 0.25) is 0 Å². The highest BCUT2D eigenvalue weighted by atomic mass is 19.2. The Morgan fingerprint density at radius 2 is 1.65 bits per heavy atom. The fourth-order valence-electron chi connectivity index (χ4n) is 5.09. The number of likely N-dealkylation sites (tertiary alicyclic amines) is 2. The topological polar surface area (TPSA) is 90.4 Å². The summed E-state index contributed by atoms with van der Waals surface area (Å²) < 4.78 is 46.5. The molecule has 4 rings (SSSR count). The molecule has 3 amide bonds. The van der Waals surface area contributed by atoms with Crippen LogP contribution in [0.3, 0.4) is 0 Å². The van der Waals surface area contributed by atoms with Crippen molar-refractivity contribution in [2.45, 2.75) is 31.7 Å². The van der Waals surface area contributed by atoms with Crippen LogP contribution in [0, 0.1) is 23.4 Å². The van der Waals surface area contributed by atoms with Crippen molar-refractivity contribution in [2.75, 3.05) is 32.7 Å². The number of benzene rings is 2. The van der Waals surface area contributed by atoms with Gasteiger partial charge in [-0.1, -0.05) is 6.07 Å². The second-order valence-corrected chi connectivity index (χ2v) is 9.24. The highest BCUT2D eigenvalue weighted by Crippen LogP contribution is 2.34. The van der Waals surface area contributed by atoms with Crippen molar-refractivity contribution in [3.63, 3.8) is 0 Å². The number of carboxylic acid groups (broad SMARTS) is 1. The van der Waals surface area contributed by atoms with Crippen molar-refractivity contribution >= 4 is 18.1 Å². The second kappa shape index (κ2) is 11.1. The van der Waals surface area contributed by atoms with E-state index in [-0.39, 0.29) is 50.3 Å². The molecular formula is C26H28F3N3O5. The molecule has 0 spiro atoms. The van der Waals surface area contributed by atoms with Gasteiger partial charge in [0.1, 0.15) is 11.6 Å². The number of hydrogen-bond donors (Lipinski definition) is 1. The molecule has 2 atom stereocenters. The van der Waals surface area contributed by atoms with E-state index >= 15 is 0 Å². The minimum absolute atomic E-state index is 0.144. The summed E-state index contributed by atoms with van der Waals surface area (Å²) in [6.07, 6.45) is -0.974. The molecule has 2 aliphatic heterocycles. The van der Waals surface area contributed by atoms with Gasteiger partial charge in [-0.05, 0) is 61.7 Å². The fourth-order valence-corrected chi connectivity index (χ4v) is 5.09. The fraction of sp³-hybridized carbons (Fsp3) is 0.423. The molecule has 2 aliphatic rings. The lowest BCUT2D eigenvalue weighted by atomic mass is 9.93. The zero-order valence-electron chi connectivity index (χ0n) is 20.3. The van der Waals surface area contributed by atoms with E-state index in [1.165, 1.54) is 28.0 Å². The molecule has 2 aromatic carbocycles. The quantitative estimate of drug-likeness (QED) is 0.636. The largest absolute Gasteiger partial charge is 0.465 e. The first-order chi connectivity index (χ1) is 17.7. The molecule has 0 bridgehead atoms. The van der Waals surface area contributed by atoms with E-state index in [0.29, 0.717) is 18.4 Å². The minimum atomic E-state index is -1.03. The SMILES string of the molecule is CCN(C(=O)Oc1ccc(F)cc1)[C@@H]1CN(C(=O)C2CCN(C(=O)O)CC2)C[C@H]1c1ccc(F)c(F)c1. The van der Waals surface area contributed by atoms with Gasteiger partial charge in [-0.3, -0.25) is 4.79 Å². The number of rotatable bonds is 5. The number of amides is 3. The Balaban J connectivity index is 1.56. The molecule has 11 heteroatoms. The van der Waals surface area contributed by atoms with Gasteiger partial charge in [0.2, 0.25) is 5.91 Å². The summed E-state index contributed by atoms with van der Waals surface area (Å²) in [6.45, 7) is 2.77. The van der Waals surface area contributed by atoms with E-state index in [9.17, 15) is 32.7 Å². The third-order valence-electron chi connectivity index (χ3n) is 7.08. The normalized spacial score (nSPS) is 20.1. The lowest BCUT2D eigenvalue weighted by Crippen LogP contribution is -2.47. The van der Waals surface area contributed by atoms with E-state index in [4.69, 9.17) is 4.74 Å². The number of carbonyl (C=O) groups is 3. The maximum atomic E-state index is 14.1. The number of carbonyl (C=O) groups excluding carboxylic acids is 2. The van der Waals surface area contributed by atoms with Crippen LogP contribution in [0.25, 0.3) is 0 Å². The maximum absolute atomic E-state index is 14.1. The van der Waals surface area contributed by atoms with Gasteiger partial charge < -0.3 is 24.5 Å². The Morgan fingerprint density at radius 3 is 2.24 bits per heavy atom. The van der Waals surface area contributed by atoms with Gasteiger partial charge >= 0.3 is 12.2 Å². The average Bonchev–Trinajstić information content (AvgIpc) is 3.32. The molecule has 0 aliphatic carbocycles. The highest BCUT2D eigenvalue weighted by Gasteiger charge is 2.43. The summed E-state index contributed by atoms with van der Waals surface area (Å²) in [5.74, 6) is -3.42. The monoisotopic (exact) mass is 519 g/mol. The predicted molar refractivity (Wildman–Crippen MR) is 127 cm³/mol. The van der Waals surface area contributed by atoms with E-state index in [2.05, 4.69) is 0 Å². The lowest BCUT2D eigenvalue weighted by molar-refractivity contribution is -0.136. The Bertz CT molecular complexity index is 1150. The van der Waals surface area contributed by atoms with Crippen molar-refractivity contribution < 1.29 is 37.4 Å². The average molecular weight is 520 g/mol. The number of piperidine rings is 1. The third kappa shape index (κ3) is 5.81. The van der Waals surface area contributed by atoms with Gasteiger partial charge in [0.05, 0.1) is 6.04 Å². The van der Waals surface area contributed by atoms with Crippen LogP contribution >= 0.6 is 0 Å². The van der Waals surface area contributed by atoms with Gasteiger partial charge in [0, 0.05) is 44.6 Å². The number of nitrogens with zero attached hydrogens (tertiary/aromatic N) is 3. The second-order valence-electron chi connectivity index (χ2n) is 9.24. The third-order valence-corrected chi connectivity index (χ3v) is 7.08. The first-order valence-electron chi connectivity index (χ1n) is 12.1. The molecule has 8 nitrogen and oxygen atoms in total. The Morgan fingerprint density at radius 1 is 0.973 bits per heavy atom. The predicted octanol–water partition coefficient (Wildman–Crippen LogP) is 4.31. The van der Waals surface area contributed by atoms with Crippen molar-refractivity contribution in [2.24, 2.45) is 5.92 Å². The van der Waals surface area contributed by atoms with E-state index in [1.807, 2.05) is 0 Å². The number of halogens is 3. The van der Waals surface area contributed by atoms with Crippen LogP contribution in [0.1, 0.15) is 31.2 Å². The zero-order chi connectivity index (χ0) is 26.7. The molecule has 2 fully saturated rings. The van der Waals surface area contributed by atoms with E-state index in [0.717, 1.165) is 24.3 Å². The van der Waals surface area contributed by atoms with Gasteiger partial charge in [-0.25, -0.2) is 22.8 Å². The van der Waals surface area contributed by atoms with Gasteiger partial charge in [0.15, 0.2) is 11.6 Å². The van der Waals surface area contributed by atoms with Crippen LogP contribution in [-0.4, -0.2) is 76.7 Å². The smallest absolute Gasteiger partial charge is 0.415 e. The number of ether oxygens (including phenoxy) is 1. The molecule has 0 saturated carbocycles. The Hall–Kier alpha value is -3.76.